The summed E-state index contributed by atoms with van der Waals surface area (Å²) in [6.45, 7) is 1.93. The number of carbonyl (C=O) groups excluding carboxylic acids is 1. The van der Waals surface area contributed by atoms with Gasteiger partial charge >= 0.3 is 0 Å². The van der Waals surface area contributed by atoms with Crippen molar-refractivity contribution in [2.45, 2.75) is 31.2 Å². The summed E-state index contributed by atoms with van der Waals surface area (Å²) in [5, 5.41) is 5.81. The third-order valence-electron chi connectivity index (χ3n) is 7.44. The van der Waals surface area contributed by atoms with Gasteiger partial charge in [-0.25, -0.2) is 8.42 Å². The van der Waals surface area contributed by atoms with Crippen LogP contribution in [-0.4, -0.2) is 14.3 Å². The number of sulfonamides is 1. The Kier molecular flexibility index (Phi) is 6.82. The zero-order valence-corrected chi connectivity index (χ0v) is 23.5. The van der Waals surface area contributed by atoms with Crippen LogP contribution in [0.2, 0.25) is 5.02 Å². The van der Waals surface area contributed by atoms with Crippen molar-refractivity contribution in [3.63, 3.8) is 0 Å². The SMILES string of the molecule is Cc1ccc(Cl)cc1N(Cc1ccc(C(=O)Nc2ccc3c4c(cccc24)CC3)cc1)S(=O)(=O)c1ccccc1. The summed E-state index contributed by atoms with van der Waals surface area (Å²) in [5.74, 6) is -0.218. The Bertz CT molecular complexity index is 1840. The molecule has 0 saturated heterocycles. The Morgan fingerprint density at radius 1 is 0.850 bits per heavy atom. The molecule has 5 aromatic carbocycles. The van der Waals surface area contributed by atoms with Crippen LogP contribution >= 0.6 is 11.6 Å². The van der Waals surface area contributed by atoms with Gasteiger partial charge in [0.2, 0.25) is 0 Å². The topological polar surface area (TPSA) is 66.5 Å². The third-order valence-corrected chi connectivity index (χ3v) is 9.45. The van der Waals surface area contributed by atoms with Gasteiger partial charge in [-0.3, -0.25) is 9.10 Å². The van der Waals surface area contributed by atoms with Crippen molar-refractivity contribution in [2.75, 3.05) is 9.62 Å². The molecule has 5 aromatic rings. The normalized spacial score (nSPS) is 12.4. The van der Waals surface area contributed by atoms with Gasteiger partial charge in [-0.1, -0.05) is 72.3 Å². The minimum atomic E-state index is -3.89. The Labute approximate surface area is 239 Å². The lowest BCUT2D eigenvalue weighted by atomic mass is 10.0. The number of nitrogens with one attached hydrogen (secondary N) is 1. The highest BCUT2D eigenvalue weighted by atomic mass is 35.5. The molecule has 1 N–H and O–H groups in total. The second-order valence-electron chi connectivity index (χ2n) is 10.0. The summed E-state index contributed by atoms with van der Waals surface area (Å²) >= 11 is 6.27. The zero-order valence-electron chi connectivity index (χ0n) is 21.9. The zero-order chi connectivity index (χ0) is 27.9. The Balaban J connectivity index is 1.28. The Morgan fingerprint density at radius 2 is 1.57 bits per heavy atom. The van der Waals surface area contributed by atoms with Crippen molar-refractivity contribution >= 4 is 49.7 Å². The lowest BCUT2D eigenvalue weighted by molar-refractivity contribution is 0.102. The highest BCUT2D eigenvalue weighted by Gasteiger charge is 2.27. The van der Waals surface area contributed by atoms with E-state index in [0.29, 0.717) is 16.3 Å². The summed E-state index contributed by atoms with van der Waals surface area (Å²) in [7, 11) is -3.89. The molecule has 0 aromatic heterocycles. The molecule has 0 saturated carbocycles. The van der Waals surface area contributed by atoms with Crippen molar-refractivity contribution in [2.24, 2.45) is 0 Å². The van der Waals surface area contributed by atoms with Crippen LogP contribution in [0, 0.1) is 6.92 Å². The number of hydrogen-bond acceptors (Lipinski definition) is 3. The number of anilines is 2. The predicted octanol–water partition coefficient (Wildman–Crippen LogP) is 7.55. The van der Waals surface area contributed by atoms with Gasteiger partial charge in [0.15, 0.2) is 0 Å². The average Bonchev–Trinajstić information content (AvgIpc) is 3.40. The molecule has 0 radical (unpaired) electrons. The lowest BCUT2D eigenvalue weighted by Gasteiger charge is -2.26. The highest BCUT2D eigenvalue weighted by Crippen LogP contribution is 2.35. The Morgan fingerprint density at radius 3 is 2.33 bits per heavy atom. The number of benzene rings is 5. The van der Waals surface area contributed by atoms with Crippen LogP contribution in [0.5, 0.6) is 0 Å². The fourth-order valence-corrected chi connectivity index (χ4v) is 7.04. The first-order valence-electron chi connectivity index (χ1n) is 13.1. The van der Waals surface area contributed by atoms with Crippen LogP contribution in [0.15, 0.2) is 108 Å². The minimum absolute atomic E-state index is 0.0786. The van der Waals surface area contributed by atoms with Crippen LogP contribution < -0.4 is 9.62 Å². The van der Waals surface area contributed by atoms with Gasteiger partial charge in [-0.2, -0.15) is 0 Å². The monoisotopic (exact) mass is 566 g/mol. The van der Waals surface area contributed by atoms with Crippen molar-refractivity contribution in [1.82, 2.24) is 0 Å². The number of hydrogen-bond donors (Lipinski definition) is 1. The van der Waals surface area contributed by atoms with Gasteiger partial charge < -0.3 is 5.32 Å². The number of rotatable bonds is 7. The Hall–Kier alpha value is -4.13. The maximum atomic E-state index is 13.8. The number of amides is 1. The van der Waals surface area contributed by atoms with Crippen LogP contribution in [0.4, 0.5) is 11.4 Å². The molecular weight excluding hydrogens is 540 g/mol. The molecule has 0 spiro atoms. The summed E-state index contributed by atoms with van der Waals surface area (Å²) in [5.41, 5.74) is 5.93. The molecule has 6 rings (SSSR count). The first kappa shape index (κ1) is 26.1. The van der Waals surface area contributed by atoms with Gasteiger partial charge in [0, 0.05) is 21.7 Å². The van der Waals surface area contributed by atoms with Gasteiger partial charge in [-0.15, -0.1) is 0 Å². The van der Waals surface area contributed by atoms with Crippen molar-refractivity contribution in [3.8, 4) is 0 Å². The average molecular weight is 567 g/mol. The van der Waals surface area contributed by atoms with E-state index in [1.807, 2.05) is 25.1 Å². The molecule has 0 unspecified atom stereocenters. The maximum Gasteiger partial charge on any atom is 0.264 e. The van der Waals surface area contributed by atoms with Gasteiger partial charge in [0.1, 0.15) is 0 Å². The molecule has 0 fully saturated rings. The van der Waals surface area contributed by atoms with Crippen molar-refractivity contribution in [3.05, 3.63) is 136 Å². The van der Waals surface area contributed by atoms with Gasteiger partial charge in [0.25, 0.3) is 15.9 Å². The van der Waals surface area contributed by atoms with Crippen LogP contribution in [0.1, 0.15) is 32.6 Å². The second kappa shape index (κ2) is 10.5. The van der Waals surface area contributed by atoms with E-state index in [1.165, 1.54) is 20.8 Å². The van der Waals surface area contributed by atoms with E-state index in [0.717, 1.165) is 35.0 Å². The van der Waals surface area contributed by atoms with E-state index < -0.39 is 10.0 Å². The molecule has 1 aliphatic rings. The summed E-state index contributed by atoms with van der Waals surface area (Å²) in [6.07, 6.45) is 2.05. The van der Waals surface area contributed by atoms with Gasteiger partial charge in [0.05, 0.1) is 17.1 Å². The molecule has 0 atom stereocenters. The first-order valence-corrected chi connectivity index (χ1v) is 14.9. The van der Waals surface area contributed by atoms with E-state index in [-0.39, 0.29) is 17.3 Å². The maximum absolute atomic E-state index is 13.8. The number of aryl methyl sites for hydroxylation is 3. The number of nitrogens with zero attached hydrogens (tertiary/aromatic N) is 1. The molecule has 1 amide bonds. The molecule has 0 bridgehead atoms. The van der Waals surface area contributed by atoms with Gasteiger partial charge in [-0.05, 0) is 89.9 Å². The molecule has 0 heterocycles. The predicted molar refractivity (Wildman–Crippen MR) is 162 cm³/mol. The fourth-order valence-electron chi connectivity index (χ4n) is 5.35. The lowest BCUT2D eigenvalue weighted by Crippen LogP contribution is -2.31. The fraction of sp³-hybridized carbons (Fsp3) is 0.121. The van der Waals surface area contributed by atoms with Crippen LogP contribution in [-0.2, 0) is 29.4 Å². The van der Waals surface area contributed by atoms with Crippen molar-refractivity contribution < 1.29 is 13.2 Å². The minimum Gasteiger partial charge on any atom is -0.321 e. The molecule has 5 nitrogen and oxygen atoms in total. The molecule has 1 aliphatic carbocycles. The van der Waals surface area contributed by atoms with Crippen LogP contribution in [0.25, 0.3) is 10.8 Å². The quantitative estimate of drug-likeness (QED) is 0.221. The number of carbonyl (C=O) groups is 1. The standard InChI is InChI=1S/C33H27ClN2O3S/c1-22-10-18-27(34)20-31(22)36(40(38,39)28-7-3-2-4-8-28)21-23-11-13-26(14-12-23)33(37)35-30-19-17-25-16-15-24-6-5-9-29(30)32(24)25/h2-14,17-20H,15-16,21H2,1H3,(H,35,37). The molecule has 200 valence electrons. The molecule has 0 aliphatic heterocycles. The number of halogens is 1. The summed E-state index contributed by atoms with van der Waals surface area (Å²) < 4.78 is 28.9. The van der Waals surface area contributed by atoms with E-state index in [4.69, 9.17) is 11.6 Å². The van der Waals surface area contributed by atoms with E-state index in [2.05, 4.69) is 17.4 Å². The largest absolute Gasteiger partial charge is 0.321 e. The van der Waals surface area contributed by atoms with E-state index in [9.17, 15) is 13.2 Å². The molecule has 40 heavy (non-hydrogen) atoms. The van der Waals surface area contributed by atoms with Crippen LogP contribution in [0.3, 0.4) is 0 Å². The summed E-state index contributed by atoms with van der Waals surface area (Å²) in [4.78, 5) is 13.4. The summed E-state index contributed by atoms with van der Waals surface area (Å²) in [6, 6.07) is 30.9. The van der Waals surface area contributed by atoms with Crippen molar-refractivity contribution in [1.29, 1.82) is 0 Å². The highest BCUT2D eigenvalue weighted by molar-refractivity contribution is 7.92. The smallest absolute Gasteiger partial charge is 0.264 e. The third kappa shape index (κ3) is 4.85. The molecule has 7 heteroatoms. The van der Waals surface area contributed by atoms with E-state index >= 15 is 0 Å². The molecular formula is C33H27ClN2O3S. The first-order chi connectivity index (χ1) is 19.3. The second-order valence-corrected chi connectivity index (χ2v) is 12.3. The van der Waals surface area contributed by atoms with E-state index in [1.54, 1.807) is 72.8 Å².